The number of allylic oxidation sites excluding steroid dienone is 1. The van der Waals surface area contributed by atoms with Crippen LogP contribution < -0.4 is 0 Å². The van der Waals surface area contributed by atoms with Gasteiger partial charge in [0.25, 0.3) is 0 Å². The van der Waals surface area contributed by atoms with Gasteiger partial charge in [0.2, 0.25) is 0 Å². The van der Waals surface area contributed by atoms with Gasteiger partial charge in [-0.3, -0.25) is 0 Å². The van der Waals surface area contributed by atoms with E-state index in [2.05, 4.69) is 6.92 Å². The zero-order valence-electron chi connectivity index (χ0n) is 12.6. The normalized spacial score (nSPS) is 17.5. The van der Waals surface area contributed by atoms with E-state index in [1.165, 1.54) is 19.3 Å². The summed E-state index contributed by atoms with van der Waals surface area (Å²) in [5.41, 5.74) is 0.609. The van der Waals surface area contributed by atoms with Crippen LogP contribution in [-0.2, 0) is 0 Å². The molecule has 0 amide bonds. The molecule has 0 heterocycles. The van der Waals surface area contributed by atoms with Crippen LogP contribution in [0.1, 0.15) is 58.8 Å². The largest absolute Gasteiger partial charge is 0.510 e. The molecule has 0 spiro atoms. The number of unbranched alkanes of at least 4 members (excludes halogenated alkanes) is 5. The molecular weight excluding hydrogens is 260 g/mol. The molecule has 0 rings (SSSR count). The van der Waals surface area contributed by atoms with Gasteiger partial charge in [0, 0.05) is 0 Å². The summed E-state index contributed by atoms with van der Waals surface area (Å²) < 4.78 is 0. The summed E-state index contributed by atoms with van der Waals surface area (Å²) in [6, 6.07) is 0. The molecule has 5 heteroatoms. The highest BCUT2D eigenvalue weighted by atomic mass is 16.4. The van der Waals surface area contributed by atoms with Gasteiger partial charge in [0.1, 0.15) is 24.1 Å². The lowest BCUT2D eigenvalue weighted by atomic mass is 10.00. The van der Waals surface area contributed by atoms with Crippen molar-refractivity contribution >= 4 is 0 Å². The standard InChI is InChI=1S/C15H30O5/c1-3-4-5-6-7-8-9-11(2)13(18)15(20)14(19)12(17)10-16/h12,14-20H,3-10H2,1-2H3/t12-,14+,15+/m1/s1. The Bertz CT molecular complexity index is 277. The smallest absolute Gasteiger partial charge is 0.139 e. The minimum absolute atomic E-state index is 0.307. The number of hydrogen-bond acceptors (Lipinski definition) is 5. The summed E-state index contributed by atoms with van der Waals surface area (Å²) in [4.78, 5) is 0. The summed E-state index contributed by atoms with van der Waals surface area (Å²) >= 11 is 0. The monoisotopic (exact) mass is 290 g/mol. The van der Waals surface area contributed by atoms with Crippen LogP contribution in [0.2, 0.25) is 0 Å². The van der Waals surface area contributed by atoms with Crippen LogP contribution in [0, 0.1) is 0 Å². The molecule has 0 aliphatic rings. The second kappa shape index (κ2) is 11.1. The third kappa shape index (κ3) is 7.24. The molecule has 0 aromatic carbocycles. The second-order valence-corrected chi connectivity index (χ2v) is 5.37. The van der Waals surface area contributed by atoms with E-state index >= 15 is 0 Å². The first-order chi connectivity index (χ1) is 9.45. The lowest BCUT2D eigenvalue weighted by Gasteiger charge is -2.22. The van der Waals surface area contributed by atoms with E-state index in [9.17, 15) is 20.4 Å². The van der Waals surface area contributed by atoms with E-state index in [0.29, 0.717) is 12.0 Å². The van der Waals surface area contributed by atoms with Crippen molar-refractivity contribution in [1.82, 2.24) is 0 Å². The third-order valence-corrected chi connectivity index (χ3v) is 3.53. The highest BCUT2D eigenvalue weighted by molar-refractivity contribution is 5.11. The van der Waals surface area contributed by atoms with Gasteiger partial charge in [-0.1, -0.05) is 39.0 Å². The molecule has 20 heavy (non-hydrogen) atoms. The number of hydrogen-bond donors (Lipinski definition) is 5. The summed E-state index contributed by atoms with van der Waals surface area (Å²) in [6.45, 7) is 3.20. The van der Waals surface area contributed by atoms with E-state index in [4.69, 9.17) is 5.11 Å². The van der Waals surface area contributed by atoms with Crippen LogP contribution in [-0.4, -0.2) is 50.5 Å². The molecule has 120 valence electrons. The predicted octanol–water partition coefficient (Wildman–Crippen LogP) is 1.64. The number of rotatable bonds is 11. The van der Waals surface area contributed by atoms with Crippen molar-refractivity contribution in [1.29, 1.82) is 0 Å². The zero-order valence-corrected chi connectivity index (χ0v) is 12.6. The molecule has 0 fully saturated rings. The maximum Gasteiger partial charge on any atom is 0.139 e. The summed E-state index contributed by atoms with van der Waals surface area (Å²) in [5, 5.41) is 47.0. The molecule has 0 saturated heterocycles. The Morgan fingerprint density at radius 2 is 1.50 bits per heavy atom. The fraction of sp³-hybridized carbons (Fsp3) is 0.867. The van der Waals surface area contributed by atoms with Gasteiger partial charge in [-0.05, 0) is 25.3 Å². The van der Waals surface area contributed by atoms with E-state index in [1.54, 1.807) is 6.92 Å². The van der Waals surface area contributed by atoms with Crippen LogP contribution in [0.4, 0.5) is 0 Å². The van der Waals surface area contributed by atoms with Crippen LogP contribution in [0.25, 0.3) is 0 Å². The lowest BCUT2D eigenvalue weighted by molar-refractivity contribution is -0.0746. The van der Waals surface area contributed by atoms with E-state index in [-0.39, 0.29) is 5.76 Å². The van der Waals surface area contributed by atoms with Crippen molar-refractivity contribution in [3.63, 3.8) is 0 Å². The van der Waals surface area contributed by atoms with Crippen LogP contribution in [0.5, 0.6) is 0 Å². The Kier molecular flexibility index (Phi) is 10.7. The van der Waals surface area contributed by atoms with Crippen molar-refractivity contribution in [3.8, 4) is 0 Å². The van der Waals surface area contributed by atoms with Gasteiger partial charge in [-0.15, -0.1) is 0 Å². The molecule has 5 N–H and O–H groups in total. The van der Waals surface area contributed by atoms with Gasteiger partial charge >= 0.3 is 0 Å². The Labute approximate surface area is 121 Å². The third-order valence-electron chi connectivity index (χ3n) is 3.53. The van der Waals surface area contributed by atoms with Gasteiger partial charge in [-0.25, -0.2) is 0 Å². The Hall–Kier alpha value is -0.620. The molecule has 0 aliphatic heterocycles. The second-order valence-electron chi connectivity index (χ2n) is 5.37. The van der Waals surface area contributed by atoms with E-state index < -0.39 is 24.9 Å². The molecule has 3 atom stereocenters. The van der Waals surface area contributed by atoms with Gasteiger partial charge < -0.3 is 25.5 Å². The highest BCUT2D eigenvalue weighted by Gasteiger charge is 2.27. The first kappa shape index (κ1) is 19.4. The molecule has 5 nitrogen and oxygen atoms in total. The Morgan fingerprint density at radius 1 is 0.950 bits per heavy atom. The first-order valence-electron chi connectivity index (χ1n) is 7.49. The van der Waals surface area contributed by atoms with Crippen molar-refractivity contribution in [2.24, 2.45) is 0 Å². The predicted molar refractivity (Wildman–Crippen MR) is 78.4 cm³/mol. The summed E-state index contributed by atoms with van der Waals surface area (Å²) in [7, 11) is 0. The molecule has 0 aliphatic carbocycles. The highest BCUT2D eigenvalue weighted by Crippen LogP contribution is 2.18. The lowest BCUT2D eigenvalue weighted by Crippen LogP contribution is -2.40. The topological polar surface area (TPSA) is 101 Å². The molecular formula is C15H30O5. The van der Waals surface area contributed by atoms with Crippen LogP contribution >= 0.6 is 0 Å². The molecule has 0 unspecified atom stereocenters. The fourth-order valence-electron chi connectivity index (χ4n) is 2.03. The maximum atomic E-state index is 9.82. The summed E-state index contributed by atoms with van der Waals surface area (Å²) in [6.07, 6.45) is 2.86. The van der Waals surface area contributed by atoms with Crippen molar-refractivity contribution in [2.75, 3.05) is 6.61 Å². The molecule has 0 radical (unpaired) electrons. The molecule has 0 bridgehead atoms. The SMILES string of the molecule is CCCCCCCCC(C)=C(O)[C@H](O)[C@@H](O)[C@H](O)CO. The zero-order chi connectivity index (χ0) is 15.5. The van der Waals surface area contributed by atoms with Gasteiger partial charge in [-0.2, -0.15) is 0 Å². The minimum Gasteiger partial charge on any atom is -0.510 e. The fourth-order valence-corrected chi connectivity index (χ4v) is 2.03. The number of aliphatic hydroxyl groups excluding tert-OH is 5. The Morgan fingerprint density at radius 3 is 2.05 bits per heavy atom. The number of aliphatic hydroxyl groups is 5. The molecule has 0 aromatic rings. The molecule has 0 saturated carbocycles. The Balaban J connectivity index is 4.16. The van der Waals surface area contributed by atoms with Crippen molar-refractivity contribution < 1.29 is 25.5 Å². The average Bonchev–Trinajstić information content (AvgIpc) is 2.47. The van der Waals surface area contributed by atoms with Gasteiger partial charge in [0.15, 0.2) is 0 Å². The van der Waals surface area contributed by atoms with Gasteiger partial charge in [0.05, 0.1) is 6.61 Å². The van der Waals surface area contributed by atoms with E-state index in [0.717, 1.165) is 19.3 Å². The summed E-state index contributed by atoms with van der Waals surface area (Å²) in [5.74, 6) is -0.307. The average molecular weight is 290 g/mol. The molecule has 0 aromatic heterocycles. The van der Waals surface area contributed by atoms with E-state index in [1.807, 2.05) is 0 Å². The maximum absolute atomic E-state index is 9.82. The van der Waals surface area contributed by atoms with Crippen LogP contribution in [0.15, 0.2) is 11.3 Å². The first-order valence-corrected chi connectivity index (χ1v) is 7.49. The van der Waals surface area contributed by atoms with Crippen LogP contribution in [0.3, 0.4) is 0 Å². The minimum atomic E-state index is -1.58. The quantitative estimate of drug-likeness (QED) is 0.294. The van der Waals surface area contributed by atoms with Crippen molar-refractivity contribution in [3.05, 3.63) is 11.3 Å². The van der Waals surface area contributed by atoms with Crippen molar-refractivity contribution in [2.45, 2.75) is 77.1 Å².